The number of nitrogens with zero attached hydrogens (tertiary/aromatic N) is 3. The average Bonchev–Trinajstić information content (AvgIpc) is 3.23. The van der Waals surface area contributed by atoms with Crippen LogP contribution in [0, 0.1) is 10.1 Å². The molecule has 0 saturated carbocycles. The Morgan fingerprint density at radius 2 is 2.06 bits per heavy atom. The van der Waals surface area contributed by atoms with Crippen LogP contribution in [0.4, 0.5) is 5.69 Å². The van der Waals surface area contributed by atoms with E-state index in [1.54, 1.807) is 13.1 Å². The number of fused-ring (bicyclic) bond motifs is 1. The van der Waals surface area contributed by atoms with Crippen LogP contribution in [-0.2, 0) is 13.0 Å². The first-order chi connectivity index (χ1) is 16.0. The third-order valence-electron chi connectivity index (χ3n) is 5.77. The molecule has 1 N–H and O–H groups in total. The van der Waals surface area contributed by atoms with Gasteiger partial charge in [-0.15, -0.1) is 0 Å². The van der Waals surface area contributed by atoms with Gasteiger partial charge in [0.25, 0.3) is 11.6 Å². The van der Waals surface area contributed by atoms with E-state index in [9.17, 15) is 14.9 Å². The summed E-state index contributed by atoms with van der Waals surface area (Å²) < 4.78 is 12.7. The maximum atomic E-state index is 13.1. The van der Waals surface area contributed by atoms with E-state index in [0.717, 1.165) is 36.1 Å². The second kappa shape index (κ2) is 9.72. The van der Waals surface area contributed by atoms with Crippen molar-refractivity contribution >= 4 is 11.6 Å². The van der Waals surface area contributed by atoms with Crippen LogP contribution >= 0.6 is 0 Å². The van der Waals surface area contributed by atoms with Gasteiger partial charge in [-0.3, -0.25) is 19.6 Å². The topological polar surface area (TPSA) is 109 Å². The van der Waals surface area contributed by atoms with Crippen molar-refractivity contribution in [1.82, 2.24) is 15.1 Å². The maximum Gasteiger partial charge on any atom is 0.286 e. The zero-order valence-corrected chi connectivity index (χ0v) is 18.6. The third-order valence-corrected chi connectivity index (χ3v) is 5.77. The van der Waals surface area contributed by atoms with Gasteiger partial charge in [-0.25, -0.2) is 0 Å². The molecule has 0 aliphatic heterocycles. The molecular weight excluding hydrogens is 424 g/mol. The number of aromatic nitrogens is 2. The number of nitrogens with one attached hydrogen (secondary N) is 1. The number of nitro groups is 1. The van der Waals surface area contributed by atoms with Gasteiger partial charge in [0.2, 0.25) is 0 Å². The summed E-state index contributed by atoms with van der Waals surface area (Å²) in [6, 6.07) is 12.4. The lowest BCUT2D eigenvalue weighted by Crippen LogP contribution is -2.31. The predicted octanol–water partition coefficient (Wildman–Crippen LogP) is 4.05. The van der Waals surface area contributed by atoms with Crippen molar-refractivity contribution in [3.8, 4) is 11.5 Å². The Labute approximate surface area is 191 Å². The zero-order chi connectivity index (χ0) is 23.4. The molecule has 172 valence electrons. The Morgan fingerprint density at radius 3 is 2.76 bits per heavy atom. The van der Waals surface area contributed by atoms with E-state index >= 15 is 0 Å². The highest BCUT2D eigenvalue weighted by molar-refractivity contribution is 5.99. The fraction of sp³-hybridized carbons (Fsp3) is 0.333. The van der Waals surface area contributed by atoms with Crippen molar-refractivity contribution in [2.45, 2.75) is 38.8 Å². The molecule has 0 bridgehead atoms. The van der Waals surface area contributed by atoms with Crippen molar-refractivity contribution in [1.29, 1.82) is 0 Å². The Bertz CT molecular complexity index is 1160. The summed E-state index contributed by atoms with van der Waals surface area (Å²) in [6.07, 6.45) is 4.27. The van der Waals surface area contributed by atoms with Crippen LogP contribution in [0.2, 0.25) is 0 Å². The lowest BCUT2D eigenvalue weighted by molar-refractivity contribution is -0.385. The number of benzene rings is 2. The van der Waals surface area contributed by atoms with Gasteiger partial charge < -0.3 is 14.8 Å². The summed E-state index contributed by atoms with van der Waals surface area (Å²) in [4.78, 5) is 24.2. The molecule has 2 aromatic carbocycles. The highest BCUT2D eigenvalue weighted by Gasteiger charge is 2.30. The van der Waals surface area contributed by atoms with Crippen molar-refractivity contribution in [3.05, 3.63) is 81.2 Å². The molecule has 1 unspecified atom stereocenters. The molecule has 4 rings (SSSR count). The minimum absolute atomic E-state index is 0.0656. The van der Waals surface area contributed by atoms with E-state index in [-0.39, 0.29) is 28.8 Å². The lowest BCUT2D eigenvalue weighted by atomic mass is 9.92. The molecule has 1 amide bonds. The largest absolute Gasteiger partial charge is 0.493 e. The Morgan fingerprint density at radius 1 is 1.27 bits per heavy atom. The van der Waals surface area contributed by atoms with E-state index in [1.165, 1.54) is 19.2 Å². The van der Waals surface area contributed by atoms with Gasteiger partial charge in [0.1, 0.15) is 5.56 Å². The standard InChI is InChI=1S/C24H26N4O5/c1-3-33-23-13-21(28(30)31)17(12-22(23)32-2)24(29)26-19-10-7-11-20-18(19)14-25-27(20)15-16-8-5-4-6-9-16/h4-6,8-9,12-14,19H,3,7,10-11,15H2,1-2H3,(H,26,29). The number of carbonyl (C=O) groups is 1. The normalized spacial score (nSPS) is 14.9. The number of nitro benzene ring substituents is 1. The highest BCUT2D eigenvalue weighted by atomic mass is 16.6. The van der Waals surface area contributed by atoms with E-state index in [0.29, 0.717) is 13.2 Å². The smallest absolute Gasteiger partial charge is 0.286 e. The Kier molecular flexibility index (Phi) is 6.58. The number of carbonyl (C=O) groups excluding carboxylic acids is 1. The molecule has 33 heavy (non-hydrogen) atoms. The molecule has 3 aromatic rings. The monoisotopic (exact) mass is 450 g/mol. The molecule has 0 radical (unpaired) electrons. The molecule has 1 aliphatic carbocycles. The number of rotatable bonds is 8. The first-order valence-electron chi connectivity index (χ1n) is 10.9. The van der Waals surface area contributed by atoms with Crippen molar-refractivity contribution in [2.75, 3.05) is 13.7 Å². The summed E-state index contributed by atoms with van der Waals surface area (Å²) in [5.41, 5.74) is 2.78. The van der Waals surface area contributed by atoms with E-state index in [4.69, 9.17) is 9.47 Å². The molecule has 0 spiro atoms. The minimum Gasteiger partial charge on any atom is -0.493 e. The number of methoxy groups -OCH3 is 1. The van der Waals surface area contributed by atoms with Crippen LogP contribution in [0.1, 0.15) is 53.0 Å². The number of hydrogen-bond donors (Lipinski definition) is 1. The van der Waals surface area contributed by atoms with Crippen LogP contribution < -0.4 is 14.8 Å². The molecule has 1 aromatic heterocycles. The Balaban J connectivity index is 1.60. The van der Waals surface area contributed by atoms with Crippen LogP contribution in [-0.4, -0.2) is 34.3 Å². The van der Waals surface area contributed by atoms with Crippen molar-refractivity contribution in [3.63, 3.8) is 0 Å². The number of hydrogen-bond acceptors (Lipinski definition) is 6. The SMILES string of the molecule is CCOc1cc([N+](=O)[O-])c(C(=O)NC2CCCc3c2cnn3Cc2ccccc2)cc1OC. The van der Waals surface area contributed by atoms with Gasteiger partial charge in [0.05, 0.1) is 43.5 Å². The second-order valence-electron chi connectivity index (χ2n) is 7.82. The number of ether oxygens (including phenoxy) is 2. The first kappa shape index (κ1) is 22.3. The highest BCUT2D eigenvalue weighted by Crippen LogP contribution is 2.36. The minimum atomic E-state index is -0.582. The van der Waals surface area contributed by atoms with Gasteiger partial charge in [-0.05, 0) is 31.7 Å². The van der Waals surface area contributed by atoms with E-state index < -0.39 is 10.8 Å². The van der Waals surface area contributed by atoms with E-state index in [2.05, 4.69) is 22.5 Å². The summed E-state index contributed by atoms with van der Waals surface area (Å²) in [5, 5.41) is 19.2. The van der Waals surface area contributed by atoms with E-state index in [1.807, 2.05) is 22.9 Å². The quantitative estimate of drug-likeness (QED) is 0.410. The van der Waals surface area contributed by atoms with Crippen LogP contribution in [0.5, 0.6) is 11.5 Å². The van der Waals surface area contributed by atoms with Gasteiger partial charge >= 0.3 is 0 Å². The summed E-state index contributed by atoms with van der Waals surface area (Å²) in [5.74, 6) is -0.0327. The summed E-state index contributed by atoms with van der Waals surface area (Å²) >= 11 is 0. The summed E-state index contributed by atoms with van der Waals surface area (Å²) in [6.45, 7) is 2.74. The van der Waals surface area contributed by atoms with Crippen molar-refractivity contribution < 1.29 is 19.2 Å². The fourth-order valence-corrected chi connectivity index (χ4v) is 4.21. The molecule has 1 atom stereocenters. The molecule has 9 heteroatoms. The second-order valence-corrected chi connectivity index (χ2v) is 7.82. The van der Waals surface area contributed by atoms with Crippen LogP contribution in [0.15, 0.2) is 48.7 Å². The lowest BCUT2D eigenvalue weighted by Gasteiger charge is -2.24. The van der Waals surface area contributed by atoms with Crippen LogP contribution in [0.3, 0.4) is 0 Å². The van der Waals surface area contributed by atoms with Gasteiger partial charge in [-0.2, -0.15) is 5.10 Å². The zero-order valence-electron chi connectivity index (χ0n) is 18.6. The molecular formula is C24H26N4O5. The van der Waals surface area contributed by atoms with Crippen molar-refractivity contribution in [2.24, 2.45) is 0 Å². The predicted molar refractivity (Wildman–Crippen MR) is 122 cm³/mol. The van der Waals surface area contributed by atoms with Gasteiger partial charge in [-0.1, -0.05) is 30.3 Å². The van der Waals surface area contributed by atoms with Gasteiger partial charge in [0.15, 0.2) is 11.5 Å². The number of amides is 1. The molecule has 9 nitrogen and oxygen atoms in total. The average molecular weight is 450 g/mol. The molecule has 1 aliphatic rings. The van der Waals surface area contributed by atoms with Gasteiger partial charge in [0, 0.05) is 17.3 Å². The maximum absolute atomic E-state index is 13.1. The van der Waals surface area contributed by atoms with Crippen LogP contribution in [0.25, 0.3) is 0 Å². The fourth-order valence-electron chi connectivity index (χ4n) is 4.21. The summed E-state index contributed by atoms with van der Waals surface area (Å²) in [7, 11) is 1.43. The Hall–Kier alpha value is -3.88. The molecule has 0 fully saturated rings. The molecule has 1 heterocycles. The third kappa shape index (κ3) is 4.67. The first-order valence-corrected chi connectivity index (χ1v) is 10.9. The molecule has 0 saturated heterocycles.